The molecule has 0 aliphatic heterocycles. The second-order valence-corrected chi connectivity index (χ2v) is 6.30. The van der Waals surface area contributed by atoms with E-state index in [-0.39, 0.29) is 5.75 Å². The van der Waals surface area contributed by atoms with Crippen molar-refractivity contribution in [1.29, 1.82) is 0 Å². The minimum Gasteiger partial charge on any atom is -0.223 e. The predicted molar refractivity (Wildman–Crippen MR) is 71.7 cm³/mol. The van der Waals surface area contributed by atoms with E-state index in [0.717, 1.165) is 11.1 Å². The van der Waals surface area contributed by atoms with Gasteiger partial charge in [0.15, 0.2) is 9.84 Å². The van der Waals surface area contributed by atoms with Gasteiger partial charge < -0.3 is 0 Å². The molecular formula is C14H18O2S. The lowest BCUT2D eigenvalue weighted by Crippen LogP contribution is -2.04. The Bertz CT molecular complexity index is 519. The first-order chi connectivity index (χ1) is 7.92. The highest BCUT2D eigenvalue weighted by Crippen LogP contribution is 2.11. The molecule has 0 aromatic heterocycles. The molecule has 92 valence electrons. The molecular weight excluding hydrogens is 232 g/mol. The van der Waals surface area contributed by atoms with Gasteiger partial charge in [0, 0.05) is 0 Å². The van der Waals surface area contributed by atoms with Gasteiger partial charge in [-0.1, -0.05) is 41.5 Å². The minimum absolute atomic E-state index is 0.0482. The average Bonchev–Trinajstić information content (AvgIpc) is 2.27. The molecule has 0 fully saturated rings. The Kier molecular flexibility index (Phi) is 4.70. The van der Waals surface area contributed by atoms with Crippen molar-refractivity contribution in [3.63, 3.8) is 0 Å². The molecule has 2 nitrogen and oxygen atoms in total. The summed E-state index contributed by atoms with van der Waals surface area (Å²) in [5.41, 5.74) is 2.14. The maximum absolute atomic E-state index is 12.0. The SMILES string of the molecule is CC(C)=C/C(C)=C/CS(=O)(=O)c1ccccc1. The van der Waals surface area contributed by atoms with E-state index in [1.807, 2.05) is 32.9 Å². The molecule has 1 aromatic rings. The van der Waals surface area contributed by atoms with Crippen LogP contribution in [0.3, 0.4) is 0 Å². The first kappa shape index (κ1) is 13.7. The molecule has 1 rings (SSSR count). The smallest absolute Gasteiger partial charge is 0.181 e. The van der Waals surface area contributed by atoms with Crippen molar-refractivity contribution in [3.05, 3.63) is 53.6 Å². The zero-order valence-corrected chi connectivity index (χ0v) is 11.3. The summed E-state index contributed by atoms with van der Waals surface area (Å²) in [5.74, 6) is 0.0482. The first-order valence-corrected chi connectivity index (χ1v) is 7.16. The highest BCUT2D eigenvalue weighted by atomic mass is 32.2. The molecule has 1 aromatic carbocycles. The van der Waals surface area contributed by atoms with Crippen LogP contribution >= 0.6 is 0 Å². The first-order valence-electron chi connectivity index (χ1n) is 5.51. The molecule has 0 N–H and O–H groups in total. The van der Waals surface area contributed by atoms with Crippen LogP contribution in [0, 0.1) is 0 Å². The second kappa shape index (κ2) is 5.82. The molecule has 0 saturated heterocycles. The van der Waals surface area contributed by atoms with Gasteiger partial charge in [-0.2, -0.15) is 0 Å². The predicted octanol–water partition coefficient (Wildman–Crippen LogP) is 3.37. The van der Waals surface area contributed by atoms with E-state index in [2.05, 4.69) is 0 Å². The zero-order valence-electron chi connectivity index (χ0n) is 10.5. The maximum Gasteiger partial charge on any atom is 0.181 e. The summed E-state index contributed by atoms with van der Waals surface area (Å²) in [6.45, 7) is 5.89. The minimum atomic E-state index is -3.20. The lowest BCUT2D eigenvalue weighted by atomic mass is 10.2. The number of allylic oxidation sites excluding steroid dienone is 3. The average molecular weight is 250 g/mol. The Morgan fingerprint density at radius 2 is 1.71 bits per heavy atom. The van der Waals surface area contributed by atoms with E-state index in [0.29, 0.717) is 4.90 Å². The monoisotopic (exact) mass is 250 g/mol. The van der Waals surface area contributed by atoms with E-state index < -0.39 is 9.84 Å². The Balaban J connectivity index is 2.86. The quantitative estimate of drug-likeness (QED) is 0.768. The molecule has 0 spiro atoms. The fourth-order valence-electron chi connectivity index (χ4n) is 1.48. The van der Waals surface area contributed by atoms with E-state index >= 15 is 0 Å². The molecule has 0 bridgehead atoms. The molecule has 0 heterocycles. The summed E-state index contributed by atoms with van der Waals surface area (Å²) in [7, 11) is -3.20. The van der Waals surface area contributed by atoms with Crippen molar-refractivity contribution in [1.82, 2.24) is 0 Å². The van der Waals surface area contributed by atoms with Gasteiger partial charge in [-0.25, -0.2) is 8.42 Å². The van der Waals surface area contributed by atoms with Crippen LogP contribution in [0.1, 0.15) is 20.8 Å². The number of benzene rings is 1. The fraction of sp³-hybridized carbons (Fsp3) is 0.286. The summed E-state index contributed by atoms with van der Waals surface area (Å²) in [4.78, 5) is 0.376. The van der Waals surface area contributed by atoms with E-state index in [4.69, 9.17) is 0 Å². The number of sulfone groups is 1. The van der Waals surface area contributed by atoms with Crippen molar-refractivity contribution in [2.75, 3.05) is 5.75 Å². The normalized spacial score (nSPS) is 12.3. The second-order valence-electron chi connectivity index (χ2n) is 4.26. The van der Waals surface area contributed by atoms with Gasteiger partial charge in [0.2, 0.25) is 0 Å². The fourth-order valence-corrected chi connectivity index (χ4v) is 2.73. The molecule has 17 heavy (non-hydrogen) atoms. The summed E-state index contributed by atoms with van der Waals surface area (Å²) in [6.07, 6.45) is 3.72. The van der Waals surface area contributed by atoms with Gasteiger partial charge in [-0.3, -0.25) is 0 Å². The highest BCUT2D eigenvalue weighted by Gasteiger charge is 2.11. The Labute approximate surface area is 104 Å². The number of rotatable bonds is 4. The van der Waals surface area contributed by atoms with Gasteiger partial charge >= 0.3 is 0 Å². The van der Waals surface area contributed by atoms with E-state index in [1.165, 1.54) is 0 Å². The molecule has 0 aliphatic rings. The summed E-state index contributed by atoms with van der Waals surface area (Å²) < 4.78 is 23.9. The Morgan fingerprint density at radius 1 is 1.12 bits per heavy atom. The summed E-state index contributed by atoms with van der Waals surface area (Å²) in [6, 6.07) is 8.53. The third-order valence-electron chi connectivity index (χ3n) is 2.24. The largest absolute Gasteiger partial charge is 0.223 e. The van der Waals surface area contributed by atoms with Crippen LogP contribution in [0.25, 0.3) is 0 Å². The number of hydrogen-bond acceptors (Lipinski definition) is 2. The van der Waals surface area contributed by atoms with Gasteiger partial charge in [0.25, 0.3) is 0 Å². The summed E-state index contributed by atoms with van der Waals surface area (Å²) >= 11 is 0. The highest BCUT2D eigenvalue weighted by molar-refractivity contribution is 7.91. The van der Waals surface area contributed by atoms with Crippen molar-refractivity contribution < 1.29 is 8.42 Å². The van der Waals surface area contributed by atoms with E-state index in [9.17, 15) is 8.42 Å². The van der Waals surface area contributed by atoms with Crippen LogP contribution in [-0.4, -0.2) is 14.2 Å². The third-order valence-corrected chi connectivity index (χ3v) is 3.84. The Morgan fingerprint density at radius 3 is 2.24 bits per heavy atom. The van der Waals surface area contributed by atoms with Crippen LogP contribution in [0.5, 0.6) is 0 Å². The molecule has 0 radical (unpaired) electrons. The van der Waals surface area contributed by atoms with Gasteiger partial charge in [0.05, 0.1) is 10.6 Å². The zero-order chi connectivity index (χ0) is 12.9. The van der Waals surface area contributed by atoms with Crippen LogP contribution < -0.4 is 0 Å². The lowest BCUT2D eigenvalue weighted by molar-refractivity contribution is 0.599. The van der Waals surface area contributed by atoms with Crippen molar-refractivity contribution >= 4 is 9.84 Å². The van der Waals surface area contributed by atoms with Crippen molar-refractivity contribution in [2.24, 2.45) is 0 Å². The van der Waals surface area contributed by atoms with Crippen LogP contribution in [0.4, 0.5) is 0 Å². The molecule has 0 atom stereocenters. The third kappa shape index (κ3) is 4.57. The van der Waals surface area contributed by atoms with E-state index in [1.54, 1.807) is 30.3 Å². The van der Waals surface area contributed by atoms with Gasteiger partial charge in [-0.05, 0) is 32.9 Å². The molecule has 0 aliphatic carbocycles. The maximum atomic E-state index is 12.0. The van der Waals surface area contributed by atoms with Gasteiger partial charge in [-0.15, -0.1) is 0 Å². The molecule has 0 saturated carbocycles. The molecule has 0 unspecified atom stereocenters. The van der Waals surface area contributed by atoms with Crippen LogP contribution in [0.15, 0.2) is 58.5 Å². The Hall–Kier alpha value is -1.35. The molecule has 0 amide bonds. The lowest BCUT2D eigenvalue weighted by Gasteiger charge is -2.01. The topological polar surface area (TPSA) is 34.1 Å². The van der Waals surface area contributed by atoms with Crippen LogP contribution in [0.2, 0.25) is 0 Å². The molecule has 3 heteroatoms. The van der Waals surface area contributed by atoms with Crippen molar-refractivity contribution in [2.45, 2.75) is 25.7 Å². The summed E-state index contributed by atoms with van der Waals surface area (Å²) in [5, 5.41) is 0. The number of hydrogen-bond donors (Lipinski definition) is 0. The van der Waals surface area contributed by atoms with Crippen LogP contribution in [-0.2, 0) is 9.84 Å². The van der Waals surface area contributed by atoms with Crippen molar-refractivity contribution in [3.8, 4) is 0 Å². The standard InChI is InChI=1S/C14H18O2S/c1-12(2)11-13(3)9-10-17(15,16)14-7-5-4-6-8-14/h4-9,11H,10H2,1-3H3/b13-9+. The van der Waals surface area contributed by atoms with Gasteiger partial charge in [0.1, 0.15) is 0 Å².